The summed E-state index contributed by atoms with van der Waals surface area (Å²) < 4.78 is 0. The molecule has 0 fully saturated rings. The van der Waals surface area contributed by atoms with E-state index in [1.165, 1.54) is 0 Å². The molecule has 0 atom stereocenters. The predicted octanol–water partition coefficient (Wildman–Crippen LogP) is 2.96. The van der Waals surface area contributed by atoms with Crippen molar-refractivity contribution < 1.29 is 9.90 Å². The van der Waals surface area contributed by atoms with E-state index in [2.05, 4.69) is 6.92 Å². The predicted molar refractivity (Wildman–Crippen MR) is 91.7 cm³/mol. The van der Waals surface area contributed by atoms with E-state index >= 15 is 0 Å². The molecule has 0 unspecified atom stereocenters. The summed E-state index contributed by atoms with van der Waals surface area (Å²) in [6.07, 6.45) is 4.93. The molecular formula is C19H24N2O2. The lowest BCUT2D eigenvalue weighted by molar-refractivity contribution is 0.0720. The fourth-order valence-corrected chi connectivity index (χ4v) is 3.40. The smallest absolute Gasteiger partial charge is 0.254 e. The molecule has 4 nitrogen and oxygen atoms in total. The van der Waals surface area contributed by atoms with Gasteiger partial charge in [0.1, 0.15) is 0 Å². The normalized spacial score (nSPS) is 13.3. The van der Waals surface area contributed by atoms with Crippen molar-refractivity contribution in [2.45, 2.75) is 39.0 Å². The number of hydrogen-bond acceptors (Lipinski definition) is 3. The first-order valence-corrected chi connectivity index (χ1v) is 8.57. The molecule has 3 rings (SSSR count). The van der Waals surface area contributed by atoms with Gasteiger partial charge in [0.15, 0.2) is 0 Å². The first-order valence-electron chi connectivity index (χ1n) is 8.57. The van der Waals surface area contributed by atoms with Crippen LogP contribution in [-0.4, -0.2) is 40.6 Å². The van der Waals surface area contributed by atoms with Gasteiger partial charge in [-0.2, -0.15) is 0 Å². The lowest BCUT2D eigenvalue weighted by Crippen LogP contribution is -2.35. The Balaban J connectivity index is 2.08. The van der Waals surface area contributed by atoms with Gasteiger partial charge in [-0.05, 0) is 37.3 Å². The second kappa shape index (κ2) is 7.09. The van der Waals surface area contributed by atoms with E-state index in [0.29, 0.717) is 13.1 Å². The van der Waals surface area contributed by atoms with Crippen LogP contribution in [0, 0.1) is 0 Å². The highest BCUT2D eigenvalue weighted by Gasteiger charge is 2.26. The highest BCUT2D eigenvalue weighted by atomic mass is 16.3. The number of benzene rings is 1. The summed E-state index contributed by atoms with van der Waals surface area (Å²) in [6, 6.07) is 7.90. The van der Waals surface area contributed by atoms with Crippen LogP contribution in [0.1, 0.15) is 47.8 Å². The average Bonchev–Trinajstić information content (AvgIpc) is 3.03. The zero-order valence-corrected chi connectivity index (χ0v) is 13.7. The zero-order chi connectivity index (χ0) is 16.2. The van der Waals surface area contributed by atoms with Crippen molar-refractivity contribution in [3.8, 4) is 0 Å². The highest BCUT2D eigenvalue weighted by Crippen LogP contribution is 2.30. The third kappa shape index (κ3) is 3.08. The van der Waals surface area contributed by atoms with E-state index in [9.17, 15) is 9.90 Å². The minimum Gasteiger partial charge on any atom is -0.395 e. The number of rotatable bonds is 6. The number of para-hydroxylation sites is 1. The third-order valence-corrected chi connectivity index (χ3v) is 4.57. The second-order valence-electron chi connectivity index (χ2n) is 6.15. The van der Waals surface area contributed by atoms with Crippen LogP contribution in [0.15, 0.2) is 24.3 Å². The van der Waals surface area contributed by atoms with Crippen molar-refractivity contribution in [3.05, 3.63) is 41.1 Å². The topological polar surface area (TPSA) is 53.4 Å². The van der Waals surface area contributed by atoms with Gasteiger partial charge in [0.05, 0.1) is 17.7 Å². The lowest BCUT2D eigenvalue weighted by Gasteiger charge is -2.23. The molecular weight excluding hydrogens is 288 g/mol. The third-order valence-electron chi connectivity index (χ3n) is 4.57. The largest absolute Gasteiger partial charge is 0.395 e. The summed E-state index contributed by atoms with van der Waals surface area (Å²) in [5.74, 6) is 0.0456. The molecule has 1 N–H and O–H groups in total. The summed E-state index contributed by atoms with van der Waals surface area (Å²) in [5, 5.41) is 10.3. The number of nitrogens with zero attached hydrogens (tertiary/aromatic N) is 2. The molecule has 2 aromatic rings. The molecule has 1 amide bonds. The number of aryl methyl sites for hydroxylation is 1. The Morgan fingerprint density at radius 3 is 2.87 bits per heavy atom. The van der Waals surface area contributed by atoms with Crippen LogP contribution in [0.5, 0.6) is 0 Å². The molecule has 0 radical (unpaired) electrons. The van der Waals surface area contributed by atoms with E-state index in [1.807, 2.05) is 24.3 Å². The minimum atomic E-state index is 0.000656. The van der Waals surface area contributed by atoms with E-state index in [-0.39, 0.29) is 12.5 Å². The molecule has 4 heteroatoms. The number of amides is 1. The molecule has 1 aliphatic rings. The van der Waals surface area contributed by atoms with Gasteiger partial charge in [0, 0.05) is 24.2 Å². The molecule has 0 spiro atoms. The number of aliphatic hydroxyl groups excluding tert-OH is 1. The number of fused-ring (bicyclic) bond motifs is 2. The SMILES string of the molecule is CCCCN(CCO)C(=O)c1c2c(nc3ccccc13)CCC2. The fourth-order valence-electron chi connectivity index (χ4n) is 3.40. The van der Waals surface area contributed by atoms with E-state index in [0.717, 1.165) is 59.8 Å². The van der Waals surface area contributed by atoms with Crippen molar-refractivity contribution in [1.82, 2.24) is 9.88 Å². The average molecular weight is 312 g/mol. The Morgan fingerprint density at radius 2 is 2.09 bits per heavy atom. The van der Waals surface area contributed by atoms with Crippen LogP contribution in [-0.2, 0) is 12.8 Å². The Hall–Kier alpha value is -1.94. The number of unbranched alkanes of at least 4 members (excludes halogenated alkanes) is 1. The first kappa shape index (κ1) is 15.9. The van der Waals surface area contributed by atoms with Gasteiger partial charge in [0.2, 0.25) is 0 Å². The molecule has 1 aromatic heterocycles. The van der Waals surface area contributed by atoms with Gasteiger partial charge >= 0.3 is 0 Å². The summed E-state index contributed by atoms with van der Waals surface area (Å²) in [4.78, 5) is 19.7. The van der Waals surface area contributed by atoms with E-state index in [4.69, 9.17) is 4.98 Å². The molecule has 0 saturated heterocycles. The van der Waals surface area contributed by atoms with Gasteiger partial charge in [-0.3, -0.25) is 9.78 Å². The standard InChI is InChI=1S/C19H24N2O2/c1-2-3-11-21(12-13-22)19(23)18-14-7-4-5-9-16(14)20-17-10-6-8-15(17)18/h4-5,7,9,22H,2-3,6,8,10-13H2,1H3. The van der Waals surface area contributed by atoms with Crippen molar-refractivity contribution in [1.29, 1.82) is 0 Å². The van der Waals surface area contributed by atoms with Gasteiger partial charge in [-0.1, -0.05) is 31.5 Å². The Morgan fingerprint density at radius 1 is 1.26 bits per heavy atom. The number of aromatic nitrogens is 1. The molecule has 23 heavy (non-hydrogen) atoms. The lowest BCUT2D eigenvalue weighted by atomic mass is 10.00. The van der Waals surface area contributed by atoms with Crippen LogP contribution in [0.4, 0.5) is 0 Å². The molecule has 0 bridgehead atoms. The number of pyridine rings is 1. The van der Waals surface area contributed by atoms with Crippen LogP contribution in [0.3, 0.4) is 0 Å². The zero-order valence-electron chi connectivity index (χ0n) is 13.7. The monoisotopic (exact) mass is 312 g/mol. The van der Waals surface area contributed by atoms with Gasteiger partial charge in [-0.15, -0.1) is 0 Å². The van der Waals surface area contributed by atoms with Crippen LogP contribution in [0.2, 0.25) is 0 Å². The van der Waals surface area contributed by atoms with Gasteiger partial charge in [0.25, 0.3) is 5.91 Å². The van der Waals surface area contributed by atoms with E-state index < -0.39 is 0 Å². The van der Waals surface area contributed by atoms with Crippen molar-refractivity contribution in [2.75, 3.05) is 19.7 Å². The molecule has 0 aliphatic heterocycles. The quantitative estimate of drug-likeness (QED) is 0.892. The Labute approximate surface area is 137 Å². The molecule has 122 valence electrons. The first-order chi connectivity index (χ1) is 11.3. The van der Waals surface area contributed by atoms with Crippen molar-refractivity contribution in [3.63, 3.8) is 0 Å². The van der Waals surface area contributed by atoms with Gasteiger partial charge < -0.3 is 10.0 Å². The minimum absolute atomic E-state index is 0.000656. The van der Waals surface area contributed by atoms with Crippen LogP contribution in [0.25, 0.3) is 10.9 Å². The van der Waals surface area contributed by atoms with Gasteiger partial charge in [-0.25, -0.2) is 0 Å². The number of carbonyl (C=O) groups excluding carboxylic acids is 1. The number of aliphatic hydroxyl groups is 1. The second-order valence-corrected chi connectivity index (χ2v) is 6.15. The molecule has 1 aromatic carbocycles. The Bertz CT molecular complexity index is 712. The van der Waals surface area contributed by atoms with Crippen LogP contribution < -0.4 is 0 Å². The van der Waals surface area contributed by atoms with Crippen LogP contribution >= 0.6 is 0 Å². The highest BCUT2D eigenvalue weighted by molar-refractivity contribution is 6.07. The summed E-state index contributed by atoms with van der Waals surface area (Å²) in [5.41, 5.74) is 3.91. The molecule has 1 aliphatic carbocycles. The maximum absolute atomic E-state index is 13.2. The summed E-state index contributed by atoms with van der Waals surface area (Å²) in [6.45, 7) is 3.20. The summed E-state index contributed by atoms with van der Waals surface area (Å²) in [7, 11) is 0. The fraction of sp³-hybridized carbons (Fsp3) is 0.474. The van der Waals surface area contributed by atoms with Crippen molar-refractivity contribution in [2.24, 2.45) is 0 Å². The number of carbonyl (C=O) groups is 1. The Kier molecular flexibility index (Phi) is 4.91. The van der Waals surface area contributed by atoms with E-state index in [1.54, 1.807) is 4.90 Å². The summed E-state index contributed by atoms with van der Waals surface area (Å²) >= 11 is 0. The molecule has 1 heterocycles. The number of hydrogen-bond donors (Lipinski definition) is 1. The maximum atomic E-state index is 13.2. The maximum Gasteiger partial charge on any atom is 0.254 e. The molecule has 0 saturated carbocycles. The van der Waals surface area contributed by atoms with Crippen molar-refractivity contribution >= 4 is 16.8 Å².